The fourth-order valence-corrected chi connectivity index (χ4v) is 2.41. The van der Waals surface area contributed by atoms with Gasteiger partial charge in [-0.3, -0.25) is 9.59 Å². The van der Waals surface area contributed by atoms with Gasteiger partial charge in [0.15, 0.2) is 0 Å². The Hall–Kier alpha value is -2.76. The molecule has 2 N–H and O–H groups in total. The fourth-order valence-electron chi connectivity index (χ4n) is 2.41. The lowest BCUT2D eigenvalue weighted by molar-refractivity contribution is -0.136. The van der Waals surface area contributed by atoms with Gasteiger partial charge in [-0.1, -0.05) is 0 Å². The Balaban J connectivity index is 1.96. The van der Waals surface area contributed by atoms with Crippen molar-refractivity contribution in [3.8, 4) is 0 Å². The Labute approximate surface area is 141 Å². The highest BCUT2D eigenvalue weighted by Gasteiger charge is 2.15. The first-order chi connectivity index (χ1) is 11.5. The minimum absolute atomic E-state index is 0.180. The predicted molar refractivity (Wildman–Crippen MR) is 93.9 cm³/mol. The molecule has 0 aliphatic heterocycles. The van der Waals surface area contributed by atoms with E-state index in [1.807, 2.05) is 25.1 Å². The van der Waals surface area contributed by atoms with Crippen LogP contribution in [0.1, 0.15) is 25.2 Å². The van der Waals surface area contributed by atoms with Crippen LogP contribution < -0.4 is 15.5 Å². The number of carbonyl (C=O) groups excluding carboxylic acids is 2. The first-order valence-corrected chi connectivity index (χ1v) is 8.02. The van der Waals surface area contributed by atoms with Gasteiger partial charge in [-0.05, 0) is 56.7 Å². The Morgan fingerprint density at radius 2 is 1.88 bits per heavy atom. The largest absolute Gasteiger partial charge is 0.467 e. The molecule has 2 amide bonds. The van der Waals surface area contributed by atoms with Crippen molar-refractivity contribution in [3.63, 3.8) is 0 Å². The molecule has 0 atom stereocenters. The fraction of sp³-hybridized carbons (Fsp3) is 0.333. The third kappa shape index (κ3) is 4.38. The Bertz CT molecular complexity index is 692. The van der Waals surface area contributed by atoms with Gasteiger partial charge in [-0.2, -0.15) is 0 Å². The van der Waals surface area contributed by atoms with Crippen molar-refractivity contribution in [2.75, 3.05) is 23.3 Å². The quantitative estimate of drug-likeness (QED) is 0.799. The van der Waals surface area contributed by atoms with Gasteiger partial charge < -0.3 is 20.0 Å². The minimum atomic E-state index is -0.696. The highest BCUT2D eigenvalue weighted by atomic mass is 16.3. The smallest absolute Gasteiger partial charge is 0.313 e. The lowest BCUT2D eigenvalue weighted by atomic mass is 10.1. The van der Waals surface area contributed by atoms with Crippen molar-refractivity contribution in [2.24, 2.45) is 0 Å². The average molecular weight is 329 g/mol. The molecule has 0 bridgehead atoms. The van der Waals surface area contributed by atoms with Crippen LogP contribution in [0, 0.1) is 6.92 Å². The van der Waals surface area contributed by atoms with Gasteiger partial charge in [0, 0.05) is 24.5 Å². The van der Waals surface area contributed by atoms with Crippen molar-refractivity contribution in [1.29, 1.82) is 0 Å². The first-order valence-electron chi connectivity index (χ1n) is 8.02. The number of benzene rings is 1. The van der Waals surface area contributed by atoms with E-state index in [0.29, 0.717) is 11.4 Å². The second-order valence-electron chi connectivity index (χ2n) is 5.39. The molecule has 6 nitrogen and oxygen atoms in total. The normalized spacial score (nSPS) is 10.3. The van der Waals surface area contributed by atoms with Gasteiger partial charge in [-0.25, -0.2) is 0 Å². The number of rotatable bonds is 6. The predicted octanol–water partition coefficient (Wildman–Crippen LogP) is 2.69. The van der Waals surface area contributed by atoms with Gasteiger partial charge in [0.25, 0.3) is 0 Å². The number of amides is 2. The molecule has 2 rings (SSSR count). The maximum Gasteiger partial charge on any atom is 0.313 e. The molecule has 0 radical (unpaired) electrons. The van der Waals surface area contributed by atoms with Crippen molar-refractivity contribution >= 4 is 23.2 Å². The minimum Gasteiger partial charge on any atom is -0.467 e. The number of carbonyl (C=O) groups is 2. The molecule has 0 saturated heterocycles. The van der Waals surface area contributed by atoms with E-state index < -0.39 is 11.8 Å². The van der Waals surface area contributed by atoms with Crippen molar-refractivity contribution in [2.45, 2.75) is 27.3 Å². The highest BCUT2D eigenvalue weighted by Crippen LogP contribution is 2.22. The summed E-state index contributed by atoms with van der Waals surface area (Å²) in [5.41, 5.74) is 2.63. The monoisotopic (exact) mass is 329 g/mol. The number of anilines is 2. The highest BCUT2D eigenvalue weighted by molar-refractivity contribution is 6.39. The lowest BCUT2D eigenvalue weighted by Crippen LogP contribution is -2.35. The van der Waals surface area contributed by atoms with E-state index >= 15 is 0 Å². The second kappa shape index (κ2) is 8.19. The number of furan rings is 1. The van der Waals surface area contributed by atoms with Crippen LogP contribution in [0.2, 0.25) is 0 Å². The maximum atomic E-state index is 12.0. The number of nitrogens with zero attached hydrogens (tertiary/aromatic N) is 1. The van der Waals surface area contributed by atoms with Crippen molar-refractivity contribution in [1.82, 2.24) is 5.32 Å². The van der Waals surface area contributed by atoms with E-state index in [0.717, 1.165) is 24.3 Å². The number of aryl methyl sites for hydroxylation is 1. The molecule has 24 heavy (non-hydrogen) atoms. The Morgan fingerprint density at radius 1 is 1.12 bits per heavy atom. The lowest BCUT2D eigenvalue weighted by Gasteiger charge is -2.22. The summed E-state index contributed by atoms with van der Waals surface area (Å²) in [5, 5.41) is 5.16. The van der Waals surface area contributed by atoms with E-state index in [1.54, 1.807) is 12.1 Å². The molecule has 0 fully saturated rings. The summed E-state index contributed by atoms with van der Waals surface area (Å²) in [5.74, 6) is -0.797. The molecule has 1 aromatic carbocycles. The topological polar surface area (TPSA) is 74.6 Å². The first kappa shape index (κ1) is 17.6. The zero-order valence-corrected chi connectivity index (χ0v) is 14.3. The van der Waals surface area contributed by atoms with Crippen LogP contribution in [0.25, 0.3) is 0 Å². The van der Waals surface area contributed by atoms with Crippen LogP contribution in [0.4, 0.5) is 11.4 Å². The van der Waals surface area contributed by atoms with E-state index in [4.69, 9.17) is 4.42 Å². The molecule has 0 aliphatic rings. The summed E-state index contributed by atoms with van der Waals surface area (Å²) in [6.45, 7) is 8.10. The van der Waals surface area contributed by atoms with Crippen molar-refractivity contribution < 1.29 is 14.0 Å². The Morgan fingerprint density at radius 3 is 2.46 bits per heavy atom. The van der Waals surface area contributed by atoms with E-state index in [2.05, 4.69) is 29.4 Å². The molecule has 128 valence electrons. The molecule has 1 heterocycles. The van der Waals surface area contributed by atoms with E-state index in [9.17, 15) is 9.59 Å². The summed E-state index contributed by atoms with van der Waals surface area (Å²) in [7, 11) is 0. The number of nitrogens with one attached hydrogen (secondary N) is 2. The Kier molecular flexibility index (Phi) is 6.01. The van der Waals surface area contributed by atoms with Crippen LogP contribution >= 0.6 is 0 Å². The van der Waals surface area contributed by atoms with Crippen LogP contribution in [0.3, 0.4) is 0 Å². The summed E-state index contributed by atoms with van der Waals surface area (Å²) >= 11 is 0. The summed E-state index contributed by atoms with van der Waals surface area (Å²) in [6.07, 6.45) is 1.52. The van der Waals surface area contributed by atoms with Gasteiger partial charge in [0.2, 0.25) is 0 Å². The van der Waals surface area contributed by atoms with Crippen LogP contribution in [0.15, 0.2) is 41.0 Å². The molecule has 0 unspecified atom stereocenters. The molecule has 1 aromatic heterocycles. The summed E-state index contributed by atoms with van der Waals surface area (Å²) in [4.78, 5) is 26.1. The SMILES string of the molecule is CCN(CC)c1ccc(NC(=O)C(=O)NCc2ccco2)c(C)c1. The maximum absolute atomic E-state index is 12.0. The van der Waals surface area contributed by atoms with Gasteiger partial charge in [0.1, 0.15) is 5.76 Å². The molecule has 6 heteroatoms. The molecular formula is C18H23N3O3. The number of hydrogen-bond donors (Lipinski definition) is 2. The third-order valence-electron chi connectivity index (χ3n) is 3.80. The molecule has 2 aromatic rings. The average Bonchev–Trinajstić information content (AvgIpc) is 3.09. The zero-order valence-electron chi connectivity index (χ0n) is 14.3. The second-order valence-corrected chi connectivity index (χ2v) is 5.39. The van der Waals surface area contributed by atoms with Crippen molar-refractivity contribution in [3.05, 3.63) is 47.9 Å². The van der Waals surface area contributed by atoms with Crippen LogP contribution in [0.5, 0.6) is 0 Å². The van der Waals surface area contributed by atoms with Gasteiger partial charge in [0.05, 0.1) is 12.8 Å². The van der Waals surface area contributed by atoms with Crippen LogP contribution in [-0.2, 0) is 16.1 Å². The third-order valence-corrected chi connectivity index (χ3v) is 3.80. The van der Waals surface area contributed by atoms with Gasteiger partial charge >= 0.3 is 11.8 Å². The summed E-state index contributed by atoms with van der Waals surface area (Å²) < 4.78 is 5.11. The molecule has 0 saturated carbocycles. The molecule has 0 spiro atoms. The van der Waals surface area contributed by atoms with Crippen LogP contribution in [-0.4, -0.2) is 24.9 Å². The zero-order chi connectivity index (χ0) is 17.5. The van der Waals surface area contributed by atoms with Gasteiger partial charge in [-0.15, -0.1) is 0 Å². The van der Waals surface area contributed by atoms with E-state index in [1.165, 1.54) is 6.26 Å². The standard InChI is InChI=1S/C18H23N3O3/c1-4-21(5-2)14-8-9-16(13(3)11-14)20-18(23)17(22)19-12-15-7-6-10-24-15/h6-11H,4-5,12H2,1-3H3,(H,19,22)(H,20,23). The molecular weight excluding hydrogens is 306 g/mol. The summed E-state index contributed by atoms with van der Waals surface area (Å²) in [6, 6.07) is 9.22. The molecule has 0 aliphatic carbocycles. The van der Waals surface area contributed by atoms with E-state index in [-0.39, 0.29) is 6.54 Å². The number of hydrogen-bond acceptors (Lipinski definition) is 4.